The average Bonchev–Trinajstić information content (AvgIpc) is 3.22. The number of amides is 3. The monoisotopic (exact) mass is 367 g/mol. The first-order valence-corrected chi connectivity index (χ1v) is 9.23. The summed E-state index contributed by atoms with van der Waals surface area (Å²) in [7, 11) is 0. The first-order valence-electron chi connectivity index (χ1n) is 9.23. The first kappa shape index (κ1) is 17.5. The van der Waals surface area contributed by atoms with Crippen molar-refractivity contribution < 1.29 is 14.0 Å². The lowest BCUT2D eigenvalue weighted by Gasteiger charge is -2.28. The van der Waals surface area contributed by atoms with Gasteiger partial charge in [-0.2, -0.15) is 0 Å². The molecule has 0 saturated carbocycles. The Morgan fingerprint density at radius 3 is 2.70 bits per heavy atom. The van der Waals surface area contributed by atoms with Gasteiger partial charge in [0.1, 0.15) is 11.9 Å². The zero-order valence-electron chi connectivity index (χ0n) is 15.4. The lowest BCUT2D eigenvalue weighted by molar-refractivity contribution is -0.120. The van der Waals surface area contributed by atoms with Crippen molar-refractivity contribution >= 4 is 23.3 Å². The van der Waals surface area contributed by atoms with E-state index in [0.29, 0.717) is 18.7 Å². The molecule has 2 aliphatic heterocycles. The van der Waals surface area contributed by atoms with Gasteiger partial charge in [-0.1, -0.05) is 30.3 Å². The number of fused-ring (bicyclic) bond motifs is 2. The van der Waals surface area contributed by atoms with Crippen molar-refractivity contribution in [3.05, 3.63) is 59.4 Å². The molecular formula is C21H22FN3O2. The van der Waals surface area contributed by atoms with Crippen molar-refractivity contribution in [3.8, 4) is 0 Å². The van der Waals surface area contributed by atoms with E-state index < -0.39 is 17.9 Å². The summed E-state index contributed by atoms with van der Waals surface area (Å²) in [4.78, 5) is 28.8. The van der Waals surface area contributed by atoms with Gasteiger partial charge in [-0.15, -0.1) is 0 Å². The summed E-state index contributed by atoms with van der Waals surface area (Å²) in [5.41, 5.74) is 3.15. The fraction of sp³-hybridized carbons (Fsp3) is 0.333. The van der Waals surface area contributed by atoms with Crippen LogP contribution < -0.4 is 15.1 Å². The van der Waals surface area contributed by atoms with E-state index >= 15 is 0 Å². The van der Waals surface area contributed by atoms with E-state index in [2.05, 4.69) is 5.32 Å². The van der Waals surface area contributed by atoms with Gasteiger partial charge in [0.05, 0.1) is 5.69 Å². The van der Waals surface area contributed by atoms with Crippen LogP contribution in [-0.4, -0.2) is 30.6 Å². The molecule has 2 aromatic carbocycles. The van der Waals surface area contributed by atoms with Crippen molar-refractivity contribution in [2.75, 3.05) is 16.3 Å². The standard InChI is InChI=1S/C21H22FN3O2/c1-13-12-16-6-3-4-9-18(16)25(13)20(26)14(2)23-21(27)24-11-10-15-7-5-8-17(22)19(15)24/h3-9,13-14H,10-12H2,1-2H3,(H,23,27). The van der Waals surface area contributed by atoms with E-state index in [1.165, 1.54) is 11.0 Å². The number of nitrogens with zero attached hydrogens (tertiary/aromatic N) is 2. The van der Waals surface area contributed by atoms with Gasteiger partial charge in [-0.05, 0) is 49.9 Å². The van der Waals surface area contributed by atoms with Crippen molar-refractivity contribution in [2.24, 2.45) is 0 Å². The van der Waals surface area contributed by atoms with E-state index in [1.807, 2.05) is 37.3 Å². The van der Waals surface area contributed by atoms with E-state index in [1.54, 1.807) is 17.9 Å². The van der Waals surface area contributed by atoms with E-state index in [0.717, 1.165) is 23.2 Å². The highest BCUT2D eigenvalue weighted by Crippen LogP contribution is 2.33. The number of para-hydroxylation sites is 2. The zero-order valence-corrected chi connectivity index (χ0v) is 15.4. The summed E-state index contributed by atoms with van der Waals surface area (Å²) in [5.74, 6) is -0.574. The van der Waals surface area contributed by atoms with Crippen molar-refractivity contribution in [1.29, 1.82) is 0 Å². The highest BCUT2D eigenvalue weighted by molar-refractivity contribution is 6.03. The zero-order chi connectivity index (χ0) is 19.1. The second-order valence-electron chi connectivity index (χ2n) is 7.21. The number of hydrogen-bond acceptors (Lipinski definition) is 2. The Morgan fingerprint density at radius 2 is 1.89 bits per heavy atom. The van der Waals surface area contributed by atoms with Crippen LogP contribution in [0.15, 0.2) is 42.5 Å². The fourth-order valence-corrected chi connectivity index (χ4v) is 4.05. The quantitative estimate of drug-likeness (QED) is 0.886. The fourth-order valence-electron chi connectivity index (χ4n) is 4.05. The maximum absolute atomic E-state index is 14.2. The second kappa shape index (κ2) is 6.68. The number of halogens is 1. The Labute approximate surface area is 157 Å². The SMILES string of the molecule is CC(NC(=O)N1CCc2cccc(F)c21)C(=O)N1c2ccccc2CC1C. The molecule has 2 unspecified atom stereocenters. The molecule has 0 bridgehead atoms. The molecule has 0 fully saturated rings. The summed E-state index contributed by atoms with van der Waals surface area (Å²) in [6.45, 7) is 4.08. The van der Waals surface area contributed by atoms with E-state index in [-0.39, 0.29) is 11.9 Å². The highest BCUT2D eigenvalue weighted by Gasteiger charge is 2.35. The summed E-state index contributed by atoms with van der Waals surface area (Å²) < 4.78 is 14.2. The predicted molar refractivity (Wildman–Crippen MR) is 103 cm³/mol. The maximum atomic E-state index is 14.2. The van der Waals surface area contributed by atoms with Crippen LogP contribution in [0.25, 0.3) is 0 Å². The number of benzene rings is 2. The van der Waals surface area contributed by atoms with Gasteiger partial charge in [-0.25, -0.2) is 9.18 Å². The number of hydrogen-bond donors (Lipinski definition) is 1. The van der Waals surface area contributed by atoms with Gasteiger partial charge in [0.25, 0.3) is 0 Å². The molecule has 2 aromatic rings. The Balaban J connectivity index is 1.50. The second-order valence-corrected chi connectivity index (χ2v) is 7.21. The molecule has 0 aromatic heterocycles. The maximum Gasteiger partial charge on any atom is 0.322 e. The lowest BCUT2D eigenvalue weighted by atomic mass is 10.1. The normalized spacial score (nSPS) is 18.9. The van der Waals surface area contributed by atoms with Crippen LogP contribution >= 0.6 is 0 Å². The van der Waals surface area contributed by atoms with E-state index in [9.17, 15) is 14.0 Å². The molecule has 2 aliphatic rings. The molecule has 3 amide bonds. The molecule has 0 saturated heterocycles. The van der Waals surface area contributed by atoms with Gasteiger partial charge in [0, 0.05) is 18.3 Å². The molecule has 27 heavy (non-hydrogen) atoms. The number of urea groups is 1. The molecule has 0 spiro atoms. The van der Waals surface area contributed by atoms with Gasteiger partial charge < -0.3 is 10.2 Å². The third-order valence-corrected chi connectivity index (χ3v) is 5.35. The molecule has 140 valence electrons. The van der Waals surface area contributed by atoms with Gasteiger partial charge in [0.15, 0.2) is 0 Å². The highest BCUT2D eigenvalue weighted by atomic mass is 19.1. The third-order valence-electron chi connectivity index (χ3n) is 5.35. The van der Waals surface area contributed by atoms with Crippen LogP contribution in [0.1, 0.15) is 25.0 Å². The van der Waals surface area contributed by atoms with Gasteiger partial charge in [-0.3, -0.25) is 9.69 Å². The third kappa shape index (κ3) is 2.95. The first-order chi connectivity index (χ1) is 13.0. The van der Waals surface area contributed by atoms with Gasteiger partial charge in [0.2, 0.25) is 5.91 Å². The van der Waals surface area contributed by atoms with Crippen LogP contribution in [0.2, 0.25) is 0 Å². The Bertz CT molecular complexity index is 914. The number of rotatable bonds is 2. The molecule has 5 nitrogen and oxygen atoms in total. The minimum atomic E-state index is -0.707. The molecule has 2 heterocycles. The van der Waals surface area contributed by atoms with E-state index in [4.69, 9.17) is 0 Å². The van der Waals surface area contributed by atoms with Crippen molar-refractivity contribution in [2.45, 2.75) is 38.8 Å². The van der Waals surface area contributed by atoms with Crippen molar-refractivity contribution in [1.82, 2.24) is 5.32 Å². The number of anilines is 2. The average molecular weight is 367 g/mol. The van der Waals surface area contributed by atoms with Crippen LogP contribution in [0, 0.1) is 5.82 Å². The van der Waals surface area contributed by atoms with Crippen LogP contribution in [0.4, 0.5) is 20.6 Å². The molecule has 4 rings (SSSR count). The van der Waals surface area contributed by atoms with Crippen LogP contribution in [-0.2, 0) is 17.6 Å². The molecular weight excluding hydrogens is 345 g/mol. The Morgan fingerprint density at radius 1 is 1.15 bits per heavy atom. The largest absolute Gasteiger partial charge is 0.326 e. The summed E-state index contributed by atoms with van der Waals surface area (Å²) in [6, 6.07) is 11.5. The molecule has 1 N–H and O–H groups in total. The molecule has 2 atom stereocenters. The van der Waals surface area contributed by atoms with Crippen LogP contribution in [0.3, 0.4) is 0 Å². The minimum absolute atomic E-state index is 0.0409. The summed E-state index contributed by atoms with van der Waals surface area (Å²) in [6.07, 6.45) is 1.41. The number of carbonyl (C=O) groups excluding carboxylic acids is 2. The summed E-state index contributed by atoms with van der Waals surface area (Å²) in [5, 5.41) is 2.75. The Hall–Kier alpha value is -2.89. The minimum Gasteiger partial charge on any atom is -0.326 e. The van der Waals surface area contributed by atoms with Crippen molar-refractivity contribution in [3.63, 3.8) is 0 Å². The molecule has 0 radical (unpaired) electrons. The smallest absolute Gasteiger partial charge is 0.322 e. The van der Waals surface area contributed by atoms with Gasteiger partial charge >= 0.3 is 6.03 Å². The Kier molecular flexibility index (Phi) is 4.34. The number of carbonyl (C=O) groups is 2. The lowest BCUT2D eigenvalue weighted by Crippen LogP contribution is -2.52. The topological polar surface area (TPSA) is 52.7 Å². The van der Waals surface area contributed by atoms with Crippen LogP contribution in [0.5, 0.6) is 0 Å². The predicted octanol–water partition coefficient (Wildman–Crippen LogP) is 3.26. The summed E-state index contributed by atoms with van der Waals surface area (Å²) >= 11 is 0. The number of nitrogens with one attached hydrogen (secondary N) is 1. The molecule has 0 aliphatic carbocycles. The molecule has 6 heteroatoms.